The molecule has 3 heteroatoms. The Hall–Kier alpha value is -1.53. The van der Waals surface area contributed by atoms with E-state index in [2.05, 4.69) is 30.1 Å². The van der Waals surface area contributed by atoms with Crippen LogP contribution in [0.2, 0.25) is 0 Å². The van der Waals surface area contributed by atoms with Crippen molar-refractivity contribution in [3.8, 4) is 6.07 Å². The molecule has 17 heavy (non-hydrogen) atoms. The van der Waals surface area contributed by atoms with E-state index in [9.17, 15) is 0 Å². The van der Waals surface area contributed by atoms with E-state index >= 15 is 0 Å². The van der Waals surface area contributed by atoms with Crippen molar-refractivity contribution in [3.63, 3.8) is 0 Å². The fraction of sp³-hybridized carbons (Fsp3) is 0.500. The van der Waals surface area contributed by atoms with E-state index in [1.165, 1.54) is 6.42 Å². The molecule has 0 atom stereocenters. The molecule has 0 aliphatic carbocycles. The van der Waals surface area contributed by atoms with E-state index in [0.717, 1.165) is 31.9 Å². The molecule has 92 valence electrons. The normalized spacial score (nSPS) is 10.2. The molecule has 0 saturated heterocycles. The van der Waals surface area contributed by atoms with Crippen molar-refractivity contribution < 1.29 is 0 Å². The summed E-state index contributed by atoms with van der Waals surface area (Å²) in [5.41, 5.74) is 1.65. The predicted molar refractivity (Wildman–Crippen MR) is 72.1 cm³/mol. The molecule has 1 rings (SSSR count). The van der Waals surface area contributed by atoms with Crippen LogP contribution in [0.15, 0.2) is 24.3 Å². The van der Waals surface area contributed by atoms with Crippen LogP contribution < -0.4 is 5.32 Å². The van der Waals surface area contributed by atoms with Gasteiger partial charge in [-0.25, -0.2) is 0 Å². The third kappa shape index (κ3) is 4.46. The lowest BCUT2D eigenvalue weighted by Crippen LogP contribution is -2.29. The lowest BCUT2D eigenvalue weighted by Gasteiger charge is -2.20. The lowest BCUT2D eigenvalue weighted by molar-refractivity contribution is 0.300. The van der Waals surface area contributed by atoms with E-state index in [1.807, 2.05) is 24.3 Å². The highest BCUT2D eigenvalue weighted by Crippen LogP contribution is 2.12. The van der Waals surface area contributed by atoms with Gasteiger partial charge in [0.15, 0.2) is 0 Å². The van der Waals surface area contributed by atoms with E-state index in [4.69, 9.17) is 5.26 Å². The summed E-state index contributed by atoms with van der Waals surface area (Å²) in [5, 5.41) is 12.3. The number of nitrogens with zero attached hydrogens (tertiary/aromatic N) is 2. The molecule has 3 nitrogen and oxygen atoms in total. The Bertz CT molecular complexity index is 368. The monoisotopic (exact) mass is 231 g/mol. The van der Waals surface area contributed by atoms with Gasteiger partial charge in [0.25, 0.3) is 0 Å². The molecule has 0 amide bonds. The SMILES string of the molecule is CCCN(CC)CCNc1ccccc1C#N. The van der Waals surface area contributed by atoms with Crippen LogP contribution in [0, 0.1) is 11.3 Å². The second-order valence-corrected chi connectivity index (χ2v) is 4.02. The molecular formula is C14H21N3. The van der Waals surface area contributed by atoms with E-state index < -0.39 is 0 Å². The van der Waals surface area contributed by atoms with Crippen LogP contribution in [0.1, 0.15) is 25.8 Å². The zero-order valence-corrected chi connectivity index (χ0v) is 10.7. The van der Waals surface area contributed by atoms with Gasteiger partial charge in [-0.05, 0) is 31.6 Å². The van der Waals surface area contributed by atoms with Crippen molar-refractivity contribution in [2.75, 3.05) is 31.5 Å². The minimum absolute atomic E-state index is 0.714. The average molecular weight is 231 g/mol. The first-order valence-electron chi connectivity index (χ1n) is 6.27. The van der Waals surface area contributed by atoms with Crippen molar-refractivity contribution in [1.82, 2.24) is 4.90 Å². The van der Waals surface area contributed by atoms with Crippen LogP contribution in [0.5, 0.6) is 0 Å². The number of para-hydroxylation sites is 1. The Morgan fingerprint density at radius 3 is 2.65 bits per heavy atom. The topological polar surface area (TPSA) is 39.1 Å². The van der Waals surface area contributed by atoms with Crippen LogP contribution in [0.25, 0.3) is 0 Å². The first-order chi connectivity index (χ1) is 8.31. The number of rotatable bonds is 7. The van der Waals surface area contributed by atoms with Gasteiger partial charge in [0.05, 0.1) is 11.3 Å². The number of nitrogens with one attached hydrogen (secondary N) is 1. The zero-order valence-electron chi connectivity index (χ0n) is 10.7. The molecule has 1 aromatic carbocycles. The van der Waals surface area contributed by atoms with Gasteiger partial charge in [0.2, 0.25) is 0 Å². The number of nitriles is 1. The van der Waals surface area contributed by atoms with Crippen molar-refractivity contribution in [2.24, 2.45) is 0 Å². The Labute approximate surface area is 104 Å². The molecule has 1 N–H and O–H groups in total. The molecule has 0 saturated carbocycles. The lowest BCUT2D eigenvalue weighted by atomic mass is 10.2. The summed E-state index contributed by atoms with van der Waals surface area (Å²) in [6.07, 6.45) is 1.18. The van der Waals surface area contributed by atoms with Crippen LogP contribution >= 0.6 is 0 Å². The summed E-state index contributed by atoms with van der Waals surface area (Å²) < 4.78 is 0. The van der Waals surface area contributed by atoms with Gasteiger partial charge in [0.1, 0.15) is 6.07 Å². The maximum Gasteiger partial charge on any atom is 0.101 e. The molecule has 0 fully saturated rings. The number of hydrogen-bond donors (Lipinski definition) is 1. The maximum atomic E-state index is 8.96. The Morgan fingerprint density at radius 1 is 1.24 bits per heavy atom. The summed E-state index contributed by atoms with van der Waals surface area (Å²) in [6, 6.07) is 9.83. The fourth-order valence-corrected chi connectivity index (χ4v) is 1.83. The fourth-order valence-electron chi connectivity index (χ4n) is 1.83. The first kappa shape index (κ1) is 13.5. The second-order valence-electron chi connectivity index (χ2n) is 4.02. The minimum atomic E-state index is 0.714. The number of anilines is 1. The molecule has 0 heterocycles. The molecule has 0 aromatic heterocycles. The Morgan fingerprint density at radius 2 is 2.00 bits per heavy atom. The highest BCUT2D eigenvalue weighted by Gasteiger charge is 2.02. The van der Waals surface area contributed by atoms with Gasteiger partial charge in [-0.3, -0.25) is 0 Å². The minimum Gasteiger partial charge on any atom is -0.383 e. The standard InChI is InChI=1S/C14H21N3/c1-3-10-17(4-2)11-9-16-14-8-6-5-7-13(14)12-15/h5-8,16H,3-4,9-11H2,1-2H3. The zero-order chi connectivity index (χ0) is 12.5. The molecule has 0 aliphatic rings. The van der Waals surface area contributed by atoms with Gasteiger partial charge >= 0.3 is 0 Å². The van der Waals surface area contributed by atoms with Gasteiger partial charge < -0.3 is 10.2 Å². The third-order valence-electron chi connectivity index (χ3n) is 2.78. The maximum absolute atomic E-state index is 8.96. The highest BCUT2D eigenvalue weighted by atomic mass is 15.1. The third-order valence-corrected chi connectivity index (χ3v) is 2.78. The van der Waals surface area contributed by atoms with Gasteiger partial charge in [-0.1, -0.05) is 26.0 Å². The van der Waals surface area contributed by atoms with Crippen LogP contribution in [-0.4, -0.2) is 31.1 Å². The van der Waals surface area contributed by atoms with Crippen LogP contribution in [-0.2, 0) is 0 Å². The smallest absolute Gasteiger partial charge is 0.101 e. The van der Waals surface area contributed by atoms with E-state index in [0.29, 0.717) is 5.56 Å². The summed E-state index contributed by atoms with van der Waals surface area (Å²) in [6.45, 7) is 8.49. The summed E-state index contributed by atoms with van der Waals surface area (Å²) in [5.74, 6) is 0. The average Bonchev–Trinajstić information content (AvgIpc) is 2.38. The van der Waals surface area contributed by atoms with E-state index in [1.54, 1.807) is 0 Å². The predicted octanol–water partition coefficient (Wildman–Crippen LogP) is 2.70. The highest BCUT2D eigenvalue weighted by molar-refractivity contribution is 5.57. The van der Waals surface area contributed by atoms with Crippen LogP contribution in [0.4, 0.5) is 5.69 Å². The molecular weight excluding hydrogens is 210 g/mol. The van der Waals surface area contributed by atoms with Gasteiger partial charge in [-0.2, -0.15) is 5.26 Å². The van der Waals surface area contributed by atoms with Crippen molar-refractivity contribution in [2.45, 2.75) is 20.3 Å². The Kier molecular flexibility index (Phi) is 6.13. The summed E-state index contributed by atoms with van der Waals surface area (Å²) >= 11 is 0. The van der Waals surface area contributed by atoms with Gasteiger partial charge in [-0.15, -0.1) is 0 Å². The molecule has 0 radical (unpaired) electrons. The number of hydrogen-bond acceptors (Lipinski definition) is 3. The first-order valence-corrected chi connectivity index (χ1v) is 6.27. The van der Waals surface area contributed by atoms with Crippen molar-refractivity contribution in [3.05, 3.63) is 29.8 Å². The van der Waals surface area contributed by atoms with Crippen molar-refractivity contribution >= 4 is 5.69 Å². The molecule has 0 unspecified atom stereocenters. The quantitative estimate of drug-likeness (QED) is 0.784. The van der Waals surface area contributed by atoms with Crippen LogP contribution in [0.3, 0.4) is 0 Å². The summed E-state index contributed by atoms with van der Waals surface area (Å²) in [4.78, 5) is 2.40. The Balaban J connectivity index is 2.42. The second kappa shape index (κ2) is 7.70. The number of benzene rings is 1. The van der Waals surface area contributed by atoms with Gasteiger partial charge in [0, 0.05) is 13.1 Å². The molecule has 0 spiro atoms. The largest absolute Gasteiger partial charge is 0.383 e. The van der Waals surface area contributed by atoms with Crippen molar-refractivity contribution in [1.29, 1.82) is 5.26 Å². The molecule has 0 aliphatic heterocycles. The molecule has 1 aromatic rings. The number of likely N-dealkylation sites (N-methyl/N-ethyl adjacent to an activating group) is 1. The summed E-state index contributed by atoms with van der Waals surface area (Å²) in [7, 11) is 0. The van der Waals surface area contributed by atoms with E-state index in [-0.39, 0.29) is 0 Å². The molecule has 0 bridgehead atoms.